The molecule has 1 nitrogen and oxygen atoms in total. The average Bonchev–Trinajstić information content (AvgIpc) is 2.38. The molecule has 0 spiro atoms. The minimum absolute atomic E-state index is 0.158. The quantitative estimate of drug-likeness (QED) is 0.480. The van der Waals surface area contributed by atoms with Gasteiger partial charge in [-0.15, -0.1) is 0 Å². The molecule has 0 aliphatic carbocycles. The molecule has 0 aromatic rings. The number of hydrogen-bond donors (Lipinski definition) is 1. The molecule has 1 N–H and O–H groups in total. The summed E-state index contributed by atoms with van der Waals surface area (Å²) in [7, 11) is 0. The van der Waals surface area contributed by atoms with Crippen LogP contribution in [0.3, 0.4) is 0 Å². The summed E-state index contributed by atoms with van der Waals surface area (Å²) in [5.74, 6) is 0. The highest BCUT2D eigenvalue weighted by atomic mass is 16.2. The van der Waals surface area contributed by atoms with Crippen LogP contribution >= 0.6 is 0 Å². The fourth-order valence-electron chi connectivity index (χ4n) is 2.14. The van der Waals surface area contributed by atoms with E-state index < -0.39 is 0 Å². The Morgan fingerprint density at radius 3 is 1.38 bits per heavy atom. The summed E-state index contributed by atoms with van der Waals surface area (Å²) >= 11 is 0. The van der Waals surface area contributed by atoms with Crippen LogP contribution in [-0.4, -0.2) is 11.7 Å². The lowest BCUT2D eigenvalue weighted by molar-refractivity contribution is 0.341. The predicted octanol–water partition coefficient (Wildman–Crippen LogP) is 6.12. The van der Waals surface area contributed by atoms with Crippen LogP contribution in [0.1, 0.15) is 73.1 Å². The van der Waals surface area contributed by atoms with Crippen molar-refractivity contribution in [2.75, 3.05) is 6.61 Å². The predicted molar refractivity (Wildman–Crippen MR) is 95.5 cm³/mol. The van der Waals surface area contributed by atoms with Gasteiger partial charge < -0.3 is 5.11 Å². The van der Waals surface area contributed by atoms with E-state index in [0.29, 0.717) is 0 Å². The fourth-order valence-corrected chi connectivity index (χ4v) is 2.14. The zero-order chi connectivity index (χ0) is 16.1. The van der Waals surface area contributed by atoms with Crippen LogP contribution in [0.2, 0.25) is 0 Å². The molecule has 0 bridgehead atoms. The average molecular weight is 290 g/mol. The van der Waals surface area contributed by atoms with Crippen molar-refractivity contribution in [1.29, 1.82) is 0 Å². The lowest BCUT2D eigenvalue weighted by Crippen LogP contribution is -1.83. The molecule has 21 heavy (non-hydrogen) atoms. The van der Waals surface area contributed by atoms with Gasteiger partial charge in [-0.2, -0.15) is 0 Å². The van der Waals surface area contributed by atoms with E-state index in [2.05, 4.69) is 52.8 Å². The lowest BCUT2D eigenvalue weighted by Gasteiger charge is -2.02. The van der Waals surface area contributed by atoms with Crippen molar-refractivity contribution in [2.24, 2.45) is 0 Å². The van der Waals surface area contributed by atoms with Crippen LogP contribution in [-0.2, 0) is 0 Å². The van der Waals surface area contributed by atoms with E-state index >= 15 is 0 Å². The Balaban J connectivity index is 3.93. The molecule has 0 fully saturated rings. The van der Waals surface area contributed by atoms with E-state index in [9.17, 15) is 0 Å². The van der Waals surface area contributed by atoms with Crippen molar-refractivity contribution in [3.8, 4) is 0 Å². The Labute approximate surface area is 132 Å². The van der Waals surface area contributed by atoms with Crippen LogP contribution in [0, 0.1) is 0 Å². The van der Waals surface area contributed by atoms with E-state index in [1.165, 1.54) is 28.7 Å². The third-order valence-corrected chi connectivity index (χ3v) is 3.59. The van der Waals surface area contributed by atoms with Gasteiger partial charge in [0.1, 0.15) is 0 Å². The first-order valence-corrected chi connectivity index (χ1v) is 8.16. The maximum Gasteiger partial charge on any atom is 0.0614 e. The van der Waals surface area contributed by atoms with E-state index in [0.717, 1.165) is 32.1 Å². The third kappa shape index (κ3) is 13.7. The SMILES string of the molecule is CC(C)=CCC/C(C)=C/CC/C(C)=C/CCC(C)=CCO. The van der Waals surface area contributed by atoms with Crippen molar-refractivity contribution in [2.45, 2.75) is 73.1 Å². The Bertz CT molecular complexity index is 390. The topological polar surface area (TPSA) is 20.2 Å². The summed E-state index contributed by atoms with van der Waals surface area (Å²) in [5, 5.41) is 8.80. The third-order valence-electron chi connectivity index (χ3n) is 3.59. The normalized spacial score (nSPS) is 13.5. The largest absolute Gasteiger partial charge is 0.392 e. The molecule has 0 saturated heterocycles. The molecular weight excluding hydrogens is 256 g/mol. The molecule has 0 aromatic heterocycles. The minimum atomic E-state index is 0.158. The van der Waals surface area contributed by atoms with Gasteiger partial charge in [0.25, 0.3) is 0 Å². The standard InChI is InChI=1S/C20H34O/c1-17(2)9-6-10-18(3)11-7-12-19(4)13-8-14-20(5)15-16-21/h9,11,13,15,21H,6-8,10,12,14,16H2,1-5H3/b18-11+,19-13+,20-15?. The molecule has 0 radical (unpaired) electrons. The van der Waals surface area contributed by atoms with Crippen LogP contribution in [0.4, 0.5) is 0 Å². The first kappa shape index (κ1) is 19.9. The Morgan fingerprint density at radius 1 is 0.619 bits per heavy atom. The molecule has 0 heterocycles. The van der Waals surface area contributed by atoms with E-state index in [4.69, 9.17) is 5.11 Å². The number of hydrogen-bond acceptors (Lipinski definition) is 1. The van der Waals surface area contributed by atoms with Gasteiger partial charge in [0, 0.05) is 0 Å². The van der Waals surface area contributed by atoms with E-state index in [-0.39, 0.29) is 6.61 Å². The highest BCUT2D eigenvalue weighted by Gasteiger charge is 1.93. The summed E-state index contributed by atoms with van der Waals surface area (Å²) < 4.78 is 0. The van der Waals surface area contributed by atoms with Gasteiger partial charge in [0.05, 0.1) is 6.61 Å². The van der Waals surface area contributed by atoms with Crippen LogP contribution in [0.15, 0.2) is 46.6 Å². The van der Waals surface area contributed by atoms with E-state index in [1.807, 2.05) is 6.08 Å². The zero-order valence-electron chi connectivity index (χ0n) is 14.7. The van der Waals surface area contributed by atoms with Gasteiger partial charge in [-0.1, -0.05) is 46.6 Å². The highest BCUT2D eigenvalue weighted by molar-refractivity contribution is 5.07. The van der Waals surface area contributed by atoms with Crippen LogP contribution in [0.25, 0.3) is 0 Å². The van der Waals surface area contributed by atoms with Gasteiger partial charge in [-0.25, -0.2) is 0 Å². The maximum absolute atomic E-state index is 8.80. The van der Waals surface area contributed by atoms with Gasteiger partial charge >= 0.3 is 0 Å². The first-order valence-electron chi connectivity index (χ1n) is 8.16. The summed E-state index contributed by atoms with van der Waals surface area (Å²) in [5.41, 5.74) is 5.66. The van der Waals surface area contributed by atoms with Crippen molar-refractivity contribution in [1.82, 2.24) is 0 Å². The smallest absolute Gasteiger partial charge is 0.0614 e. The molecule has 0 atom stereocenters. The second kappa shape index (κ2) is 12.6. The second-order valence-corrected chi connectivity index (χ2v) is 6.23. The molecule has 0 amide bonds. The Hall–Kier alpha value is -1.08. The molecule has 0 aliphatic heterocycles. The van der Waals surface area contributed by atoms with Crippen LogP contribution < -0.4 is 0 Å². The Morgan fingerprint density at radius 2 is 1.00 bits per heavy atom. The molecule has 0 aliphatic rings. The molecule has 0 aromatic carbocycles. The molecule has 0 unspecified atom stereocenters. The van der Waals surface area contributed by atoms with Crippen LogP contribution in [0.5, 0.6) is 0 Å². The molecule has 1 heteroatoms. The molecule has 0 saturated carbocycles. The number of aliphatic hydroxyl groups is 1. The lowest BCUT2D eigenvalue weighted by atomic mass is 10.0. The summed E-state index contributed by atoms with van der Waals surface area (Å²) in [6, 6.07) is 0. The van der Waals surface area contributed by atoms with E-state index in [1.54, 1.807) is 0 Å². The summed E-state index contributed by atoms with van der Waals surface area (Å²) in [6.07, 6.45) is 15.7. The minimum Gasteiger partial charge on any atom is -0.392 e. The summed E-state index contributed by atoms with van der Waals surface area (Å²) in [4.78, 5) is 0. The van der Waals surface area contributed by atoms with Crippen molar-refractivity contribution in [3.05, 3.63) is 46.6 Å². The number of allylic oxidation sites excluding steroid dienone is 7. The van der Waals surface area contributed by atoms with Crippen molar-refractivity contribution < 1.29 is 5.11 Å². The molecular formula is C20H34O. The Kier molecular flexibility index (Phi) is 12.0. The number of aliphatic hydroxyl groups excluding tert-OH is 1. The number of rotatable bonds is 10. The zero-order valence-corrected chi connectivity index (χ0v) is 14.7. The van der Waals surface area contributed by atoms with Crippen molar-refractivity contribution in [3.63, 3.8) is 0 Å². The summed E-state index contributed by atoms with van der Waals surface area (Å²) in [6.45, 7) is 11.0. The molecule has 120 valence electrons. The van der Waals surface area contributed by atoms with Crippen molar-refractivity contribution >= 4 is 0 Å². The van der Waals surface area contributed by atoms with Gasteiger partial charge in [-0.05, 0) is 73.1 Å². The monoisotopic (exact) mass is 290 g/mol. The second-order valence-electron chi connectivity index (χ2n) is 6.23. The van der Waals surface area contributed by atoms with Gasteiger partial charge in [-0.3, -0.25) is 0 Å². The highest BCUT2D eigenvalue weighted by Crippen LogP contribution is 2.13. The molecule has 0 rings (SSSR count). The van der Waals surface area contributed by atoms with Gasteiger partial charge in [0.2, 0.25) is 0 Å². The first-order chi connectivity index (χ1) is 9.95. The maximum atomic E-state index is 8.80. The fraction of sp³-hybridized carbons (Fsp3) is 0.600. The van der Waals surface area contributed by atoms with Gasteiger partial charge in [0.15, 0.2) is 0 Å².